The van der Waals surface area contributed by atoms with Crippen LogP contribution in [0.3, 0.4) is 0 Å². The largest absolute Gasteiger partial charge is 0.325 e. The number of nitrogens with zero attached hydrogens (tertiary/aromatic N) is 1. The molecule has 1 fully saturated rings. The van der Waals surface area contributed by atoms with Crippen LogP contribution in [0.15, 0.2) is 47.4 Å². The zero-order valence-corrected chi connectivity index (χ0v) is 15.5. The quantitative estimate of drug-likeness (QED) is 0.853. The van der Waals surface area contributed by atoms with Gasteiger partial charge in [0.2, 0.25) is 11.8 Å². The molecule has 0 unspecified atom stereocenters. The minimum Gasteiger partial charge on any atom is -0.325 e. The van der Waals surface area contributed by atoms with E-state index in [9.17, 15) is 14.4 Å². The molecule has 0 atom stereocenters. The maximum Gasteiger partial charge on any atom is 0.255 e. The number of hydrogen-bond donors (Lipinski definition) is 2. The normalized spacial score (nSPS) is 16.5. The third kappa shape index (κ3) is 3.83. The molecule has 0 aliphatic carbocycles. The Morgan fingerprint density at radius 3 is 2.63 bits per heavy atom. The van der Waals surface area contributed by atoms with Gasteiger partial charge in [0.15, 0.2) is 0 Å². The van der Waals surface area contributed by atoms with E-state index in [1.165, 1.54) is 0 Å². The highest BCUT2D eigenvalue weighted by Crippen LogP contribution is 2.31. The summed E-state index contributed by atoms with van der Waals surface area (Å²) in [5.41, 5.74) is 2.66. The first-order chi connectivity index (χ1) is 13.1. The molecule has 7 heteroatoms. The molecule has 0 saturated carbocycles. The molecular formula is C20H19N3O3S. The number of thioether (sulfide) groups is 1. The highest BCUT2D eigenvalue weighted by atomic mass is 32.2. The predicted octanol–water partition coefficient (Wildman–Crippen LogP) is 3.50. The van der Waals surface area contributed by atoms with Crippen LogP contribution in [0.1, 0.15) is 29.6 Å². The molecule has 0 spiro atoms. The first kappa shape index (κ1) is 17.6. The second-order valence-electron chi connectivity index (χ2n) is 6.51. The fourth-order valence-corrected chi connectivity index (χ4v) is 4.15. The van der Waals surface area contributed by atoms with E-state index in [4.69, 9.17) is 0 Å². The fourth-order valence-electron chi connectivity index (χ4n) is 3.21. The number of amides is 3. The van der Waals surface area contributed by atoms with E-state index in [0.29, 0.717) is 29.8 Å². The van der Waals surface area contributed by atoms with Crippen LogP contribution >= 0.6 is 11.8 Å². The lowest BCUT2D eigenvalue weighted by atomic mass is 10.1. The van der Waals surface area contributed by atoms with Crippen LogP contribution in [0, 0.1) is 0 Å². The Morgan fingerprint density at radius 2 is 1.89 bits per heavy atom. The standard InChI is InChI=1S/C20H19N3O3S/c24-18-9-11-27-17-8-3-13(12-16(17)22-18)20(26)21-14-4-6-15(7-5-14)23-10-1-2-19(23)25/h3-8,12H,1-2,9-11H2,(H,21,26)(H,22,24). The number of benzene rings is 2. The predicted molar refractivity (Wildman–Crippen MR) is 106 cm³/mol. The second-order valence-corrected chi connectivity index (χ2v) is 7.64. The van der Waals surface area contributed by atoms with Crippen molar-refractivity contribution in [1.82, 2.24) is 0 Å². The third-order valence-corrected chi connectivity index (χ3v) is 5.69. The first-order valence-corrected chi connectivity index (χ1v) is 9.87. The maximum absolute atomic E-state index is 12.6. The van der Waals surface area contributed by atoms with E-state index in [-0.39, 0.29) is 17.7 Å². The summed E-state index contributed by atoms with van der Waals surface area (Å²) in [7, 11) is 0. The van der Waals surface area contributed by atoms with Crippen LogP contribution in [-0.4, -0.2) is 30.0 Å². The number of carbonyl (C=O) groups is 3. The van der Waals surface area contributed by atoms with Gasteiger partial charge >= 0.3 is 0 Å². The van der Waals surface area contributed by atoms with Crippen molar-refractivity contribution in [1.29, 1.82) is 0 Å². The molecule has 0 radical (unpaired) electrons. The average molecular weight is 381 g/mol. The molecule has 6 nitrogen and oxygen atoms in total. The van der Waals surface area contributed by atoms with Gasteiger partial charge in [-0.1, -0.05) is 0 Å². The minimum absolute atomic E-state index is 0.0362. The van der Waals surface area contributed by atoms with E-state index in [2.05, 4.69) is 10.6 Å². The van der Waals surface area contributed by atoms with Crippen molar-refractivity contribution in [3.8, 4) is 0 Å². The number of fused-ring (bicyclic) bond motifs is 1. The molecule has 2 aliphatic rings. The third-order valence-electron chi connectivity index (χ3n) is 4.61. The van der Waals surface area contributed by atoms with Gasteiger partial charge < -0.3 is 15.5 Å². The van der Waals surface area contributed by atoms with E-state index >= 15 is 0 Å². The van der Waals surface area contributed by atoms with Gasteiger partial charge in [0.1, 0.15) is 0 Å². The Labute approximate surface area is 161 Å². The van der Waals surface area contributed by atoms with E-state index in [1.807, 2.05) is 18.2 Å². The molecule has 2 aliphatic heterocycles. The van der Waals surface area contributed by atoms with Crippen molar-refractivity contribution < 1.29 is 14.4 Å². The molecule has 4 rings (SSSR count). The molecule has 0 bridgehead atoms. The first-order valence-electron chi connectivity index (χ1n) is 8.89. The second kappa shape index (κ2) is 7.44. The number of nitrogens with one attached hydrogen (secondary N) is 2. The Kier molecular flexibility index (Phi) is 4.85. The van der Waals surface area contributed by atoms with Crippen LogP contribution in [0.25, 0.3) is 0 Å². The molecule has 2 heterocycles. The number of rotatable bonds is 3. The van der Waals surface area contributed by atoms with Crippen molar-refractivity contribution in [3.05, 3.63) is 48.0 Å². The van der Waals surface area contributed by atoms with Crippen LogP contribution in [-0.2, 0) is 9.59 Å². The Morgan fingerprint density at radius 1 is 1.07 bits per heavy atom. The smallest absolute Gasteiger partial charge is 0.255 e. The van der Waals surface area contributed by atoms with E-state index in [1.54, 1.807) is 40.9 Å². The Hall–Kier alpha value is -2.80. The summed E-state index contributed by atoms with van der Waals surface area (Å²) < 4.78 is 0. The summed E-state index contributed by atoms with van der Waals surface area (Å²) in [6.45, 7) is 0.739. The Bertz CT molecular complexity index is 911. The fraction of sp³-hybridized carbons (Fsp3) is 0.250. The van der Waals surface area contributed by atoms with Crippen LogP contribution in [0.2, 0.25) is 0 Å². The lowest BCUT2D eigenvalue weighted by Crippen LogP contribution is -2.23. The molecular weight excluding hydrogens is 362 g/mol. The van der Waals surface area contributed by atoms with Gasteiger partial charge in [-0.3, -0.25) is 14.4 Å². The molecule has 2 aromatic carbocycles. The summed E-state index contributed by atoms with van der Waals surface area (Å²) in [5, 5.41) is 5.71. The van der Waals surface area contributed by atoms with Crippen molar-refractivity contribution in [2.24, 2.45) is 0 Å². The van der Waals surface area contributed by atoms with Gasteiger partial charge in [-0.25, -0.2) is 0 Å². The van der Waals surface area contributed by atoms with Gasteiger partial charge in [-0.2, -0.15) is 0 Å². The molecule has 0 aromatic heterocycles. The molecule has 2 N–H and O–H groups in total. The van der Waals surface area contributed by atoms with Crippen molar-refractivity contribution in [2.45, 2.75) is 24.2 Å². The van der Waals surface area contributed by atoms with Gasteiger partial charge in [0.05, 0.1) is 5.69 Å². The van der Waals surface area contributed by atoms with Gasteiger partial charge in [-0.05, 0) is 48.9 Å². The van der Waals surface area contributed by atoms with Crippen LogP contribution in [0.5, 0.6) is 0 Å². The van der Waals surface area contributed by atoms with Gasteiger partial charge in [0, 0.05) is 47.0 Å². The minimum atomic E-state index is -0.244. The maximum atomic E-state index is 12.6. The molecule has 138 valence electrons. The molecule has 2 aromatic rings. The summed E-state index contributed by atoms with van der Waals surface area (Å²) in [6, 6.07) is 12.6. The number of carbonyl (C=O) groups excluding carboxylic acids is 3. The van der Waals surface area contributed by atoms with Crippen molar-refractivity contribution in [3.63, 3.8) is 0 Å². The zero-order chi connectivity index (χ0) is 18.8. The van der Waals surface area contributed by atoms with Crippen LogP contribution in [0.4, 0.5) is 17.1 Å². The van der Waals surface area contributed by atoms with E-state index in [0.717, 1.165) is 29.3 Å². The molecule has 3 amide bonds. The highest BCUT2D eigenvalue weighted by molar-refractivity contribution is 7.99. The number of hydrogen-bond acceptors (Lipinski definition) is 4. The number of anilines is 3. The highest BCUT2D eigenvalue weighted by Gasteiger charge is 2.21. The average Bonchev–Trinajstić information content (AvgIpc) is 3.00. The van der Waals surface area contributed by atoms with Gasteiger partial charge in [0.25, 0.3) is 5.91 Å². The topological polar surface area (TPSA) is 78.5 Å². The van der Waals surface area contributed by atoms with Crippen molar-refractivity contribution >= 4 is 46.5 Å². The van der Waals surface area contributed by atoms with Crippen molar-refractivity contribution in [2.75, 3.05) is 27.8 Å². The molecule has 1 saturated heterocycles. The monoisotopic (exact) mass is 381 g/mol. The van der Waals surface area contributed by atoms with Crippen LogP contribution < -0.4 is 15.5 Å². The lowest BCUT2D eigenvalue weighted by molar-refractivity contribution is -0.117. The summed E-state index contributed by atoms with van der Waals surface area (Å²) in [6.07, 6.45) is 1.93. The summed E-state index contributed by atoms with van der Waals surface area (Å²) in [5.74, 6) is 0.588. The SMILES string of the molecule is O=C1CCSc2ccc(C(=O)Nc3ccc(N4CCCC4=O)cc3)cc2N1. The summed E-state index contributed by atoms with van der Waals surface area (Å²) >= 11 is 1.60. The van der Waals surface area contributed by atoms with E-state index < -0.39 is 0 Å². The van der Waals surface area contributed by atoms with Gasteiger partial charge in [-0.15, -0.1) is 11.8 Å². The summed E-state index contributed by atoms with van der Waals surface area (Å²) in [4.78, 5) is 38.8. The zero-order valence-electron chi connectivity index (χ0n) is 14.7. The lowest BCUT2D eigenvalue weighted by Gasteiger charge is -2.16. The molecule has 27 heavy (non-hydrogen) atoms. The Balaban J connectivity index is 1.47.